The van der Waals surface area contributed by atoms with Gasteiger partial charge in [-0.15, -0.1) is 0 Å². The van der Waals surface area contributed by atoms with Crippen molar-refractivity contribution in [3.63, 3.8) is 0 Å². The average molecular weight is 311 g/mol. The molecule has 0 bridgehead atoms. The molecule has 2 heterocycles. The Morgan fingerprint density at radius 2 is 2.23 bits per heavy atom. The number of nitro groups is 1. The highest BCUT2D eigenvalue weighted by atomic mass is 16.6. The van der Waals surface area contributed by atoms with Gasteiger partial charge in [0.1, 0.15) is 6.20 Å². The maximum absolute atomic E-state index is 12.2. The molecule has 1 aromatic rings. The number of carbonyl (C=O) groups excluding carboxylic acids is 1. The van der Waals surface area contributed by atoms with Crippen molar-refractivity contribution in [1.29, 1.82) is 0 Å². The average Bonchev–Trinajstić information content (AvgIpc) is 2.96. The van der Waals surface area contributed by atoms with Gasteiger partial charge in [0, 0.05) is 26.2 Å². The van der Waals surface area contributed by atoms with E-state index in [1.165, 1.54) is 4.68 Å². The molecule has 0 saturated carbocycles. The first-order valence-corrected chi connectivity index (χ1v) is 7.42. The summed E-state index contributed by atoms with van der Waals surface area (Å²) in [7, 11) is 0. The zero-order chi connectivity index (χ0) is 15.9. The molecule has 0 aliphatic carbocycles. The zero-order valence-electron chi connectivity index (χ0n) is 12.7. The predicted molar refractivity (Wildman–Crippen MR) is 78.8 cm³/mol. The summed E-state index contributed by atoms with van der Waals surface area (Å²) in [5, 5.41) is 17.5. The number of rotatable bonds is 7. The number of morpholine rings is 1. The molecule has 1 aromatic heterocycles. The van der Waals surface area contributed by atoms with Crippen LogP contribution in [-0.2, 0) is 11.3 Å². The third-order valence-electron chi connectivity index (χ3n) is 3.57. The first-order valence-electron chi connectivity index (χ1n) is 7.42. The normalized spacial score (nSPS) is 15.7. The third-order valence-corrected chi connectivity index (χ3v) is 3.57. The molecule has 0 atom stereocenters. The summed E-state index contributed by atoms with van der Waals surface area (Å²) in [4.78, 5) is 24.8. The molecular weight excluding hydrogens is 290 g/mol. The number of hydrogen-bond donors (Lipinski definition) is 1. The van der Waals surface area contributed by atoms with Gasteiger partial charge in [0.15, 0.2) is 0 Å². The van der Waals surface area contributed by atoms with Gasteiger partial charge in [-0.2, -0.15) is 5.10 Å². The van der Waals surface area contributed by atoms with Crippen molar-refractivity contribution in [2.24, 2.45) is 0 Å². The fourth-order valence-corrected chi connectivity index (χ4v) is 2.40. The van der Waals surface area contributed by atoms with Gasteiger partial charge in [-0.05, 0) is 19.9 Å². The lowest BCUT2D eigenvalue weighted by molar-refractivity contribution is -0.385. The number of ether oxygens (including phenoxy) is 1. The first kappa shape index (κ1) is 16.4. The maximum atomic E-state index is 12.2. The number of carbonyl (C=O) groups is 1. The molecule has 1 saturated heterocycles. The molecule has 0 spiro atoms. The van der Waals surface area contributed by atoms with Crippen LogP contribution >= 0.6 is 0 Å². The van der Waals surface area contributed by atoms with Crippen LogP contribution in [-0.4, -0.2) is 64.9 Å². The van der Waals surface area contributed by atoms with E-state index >= 15 is 0 Å². The Hall–Kier alpha value is -2.00. The Morgan fingerprint density at radius 1 is 1.50 bits per heavy atom. The van der Waals surface area contributed by atoms with Crippen molar-refractivity contribution >= 4 is 11.6 Å². The minimum Gasteiger partial charge on any atom is -0.379 e. The summed E-state index contributed by atoms with van der Waals surface area (Å²) in [5.41, 5.74) is -0.244. The number of aryl methyl sites for hydroxylation is 1. The highest BCUT2D eigenvalue weighted by Crippen LogP contribution is 2.17. The van der Waals surface area contributed by atoms with Crippen LogP contribution in [0.3, 0.4) is 0 Å². The van der Waals surface area contributed by atoms with Crippen LogP contribution in [0.1, 0.15) is 23.8 Å². The molecule has 1 amide bonds. The van der Waals surface area contributed by atoms with E-state index in [0.29, 0.717) is 13.1 Å². The summed E-state index contributed by atoms with van der Waals surface area (Å²) in [6, 6.07) is 0. The lowest BCUT2D eigenvalue weighted by Gasteiger charge is -2.26. The van der Waals surface area contributed by atoms with Crippen LogP contribution in [0, 0.1) is 10.1 Å². The summed E-state index contributed by atoms with van der Waals surface area (Å²) in [6.45, 7) is 6.84. The van der Waals surface area contributed by atoms with Crippen molar-refractivity contribution in [3.8, 4) is 0 Å². The van der Waals surface area contributed by atoms with Crippen molar-refractivity contribution < 1.29 is 14.5 Å². The minimum absolute atomic E-state index is 0.0128. The van der Waals surface area contributed by atoms with Gasteiger partial charge in [0.05, 0.1) is 18.1 Å². The molecule has 122 valence electrons. The SMILES string of the molecule is CCn1ncc([N+](=O)[O-])c1C(=O)NCCCN1CCOCC1. The van der Waals surface area contributed by atoms with Crippen LogP contribution in [0.25, 0.3) is 0 Å². The van der Waals surface area contributed by atoms with E-state index < -0.39 is 10.8 Å². The molecule has 2 rings (SSSR count). The molecule has 1 fully saturated rings. The molecule has 0 radical (unpaired) electrons. The molecule has 0 aromatic carbocycles. The Kier molecular flexibility index (Phi) is 5.84. The second-order valence-corrected chi connectivity index (χ2v) is 5.01. The van der Waals surface area contributed by atoms with Gasteiger partial charge in [-0.25, -0.2) is 0 Å². The molecule has 9 nitrogen and oxygen atoms in total. The molecule has 22 heavy (non-hydrogen) atoms. The van der Waals surface area contributed by atoms with E-state index in [1.807, 2.05) is 0 Å². The monoisotopic (exact) mass is 311 g/mol. The number of nitrogens with one attached hydrogen (secondary N) is 1. The standard InChI is InChI=1S/C13H21N5O4/c1-2-17-12(11(10-15-17)18(20)21)13(19)14-4-3-5-16-6-8-22-9-7-16/h10H,2-9H2,1H3,(H,14,19). The van der Waals surface area contributed by atoms with Crippen LogP contribution < -0.4 is 5.32 Å². The minimum atomic E-state index is -0.582. The maximum Gasteiger partial charge on any atom is 0.320 e. The topological polar surface area (TPSA) is 103 Å². The van der Waals surface area contributed by atoms with Gasteiger partial charge in [0.2, 0.25) is 5.69 Å². The van der Waals surface area contributed by atoms with E-state index in [2.05, 4.69) is 15.3 Å². The van der Waals surface area contributed by atoms with Crippen molar-refractivity contribution in [3.05, 3.63) is 22.0 Å². The second-order valence-electron chi connectivity index (χ2n) is 5.01. The Morgan fingerprint density at radius 3 is 2.86 bits per heavy atom. The highest BCUT2D eigenvalue weighted by molar-refractivity contribution is 5.96. The van der Waals surface area contributed by atoms with E-state index in [0.717, 1.165) is 45.5 Å². The van der Waals surface area contributed by atoms with Gasteiger partial charge in [-0.3, -0.25) is 24.5 Å². The Bertz CT molecular complexity index is 525. The largest absolute Gasteiger partial charge is 0.379 e. The quantitative estimate of drug-likeness (QED) is 0.440. The summed E-state index contributed by atoms with van der Waals surface area (Å²) < 4.78 is 6.61. The zero-order valence-corrected chi connectivity index (χ0v) is 12.7. The second kappa shape index (κ2) is 7.85. The van der Waals surface area contributed by atoms with Gasteiger partial charge in [0.25, 0.3) is 5.91 Å². The van der Waals surface area contributed by atoms with Crippen LogP contribution in [0.5, 0.6) is 0 Å². The number of aromatic nitrogens is 2. The highest BCUT2D eigenvalue weighted by Gasteiger charge is 2.25. The summed E-state index contributed by atoms with van der Waals surface area (Å²) >= 11 is 0. The van der Waals surface area contributed by atoms with E-state index in [9.17, 15) is 14.9 Å². The van der Waals surface area contributed by atoms with E-state index in [4.69, 9.17) is 4.74 Å². The lowest BCUT2D eigenvalue weighted by Crippen LogP contribution is -2.38. The number of nitrogens with zero attached hydrogens (tertiary/aromatic N) is 4. The third kappa shape index (κ3) is 4.01. The molecular formula is C13H21N5O4. The van der Waals surface area contributed by atoms with Crippen molar-refractivity contribution in [2.75, 3.05) is 39.4 Å². The molecule has 0 unspecified atom stereocenters. The van der Waals surface area contributed by atoms with E-state index in [1.54, 1.807) is 6.92 Å². The molecule has 1 aliphatic rings. The molecule has 1 aliphatic heterocycles. The fourth-order valence-electron chi connectivity index (χ4n) is 2.40. The Labute approximate surface area is 128 Å². The molecule has 1 N–H and O–H groups in total. The molecule has 9 heteroatoms. The van der Waals surface area contributed by atoms with E-state index in [-0.39, 0.29) is 11.4 Å². The van der Waals surface area contributed by atoms with Gasteiger partial charge < -0.3 is 10.1 Å². The van der Waals surface area contributed by atoms with Crippen molar-refractivity contribution in [1.82, 2.24) is 20.0 Å². The number of amides is 1. The van der Waals surface area contributed by atoms with Gasteiger partial charge >= 0.3 is 5.69 Å². The van der Waals surface area contributed by atoms with Crippen LogP contribution in [0.4, 0.5) is 5.69 Å². The first-order chi connectivity index (χ1) is 10.6. The lowest BCUT2D eigenvalue weighted by atomic mass is 10.3. The summed E-state index contributed by atoms with van der Waals surface area (Å²) in [6.07, 6.45) is 1.91. The fraction of sp³-hybridized carbons (Fsp3) is 0.692. The van der Waals surface area contributed by atoms with Crippen LogP contribution in [0.2, 0.25) is 0 Å². The Balaban J connectivity index is 1.84. The van der Waals surface area contributed by atoms with Gasteiger partial charge in [-0.1, -0.05) is 0 Å². The van der Waals surface area contributed by atoms with Crippen molar-refractivity contribution in [2.45, 2.75) is 19.9 Å². The predicted octanol–water partition coefficient (Wildman–Crippen LogP) is 0.263. The number of hydrogen-bond acceptors (Lipinski definition) is 6. The van der Waals surface area contributed by atoms with Crippen LogP contribution in [0.15, 0.2) is 6.20 Å². The summed E-state index contributed by atoms with van der Waals surface area (Å²) in [5.74, 6) is -0.451. The smallest absolute Gasteiger partial charge is 0.320 e.